The summed E-state index contributed by atoms with van der Waals surface area (Å²) in [5.41, 5.74) is -0.869. The molecule has 0 fully saturated rings. The number of urea groups is 1. The fraction of sp³-hybridized carbons (Fsp3) is 0.333. The largest absolute Gasteiger partial charge is 0.475 e. The smallest absolute Gasteiger partial charge is 0.433 e. The van der Waals surface area contributed by atoms with Crippen LogP contribution in [0.1, 0.15) is 30.7 Å². The first kappa shape index (κ1) is 25.3. The van der Waals surface area contributed by atoms with Gasteiger partial charge in [0, 0.05) is 29.9 Å². The van der Waals surface area contributed by atoms with Crippen molar-refractivity contribution in [3.05, 3.63) is 53.0 Å². The molecule has 0 saturated carbocycles. The first-order valence-corrected chi connectivity index (χ1v) is 10.6. The molecule has 0 atom stereocenters. The van der Waals surface area contributed by atoms with Crippen LogP contribution in [0.5, 0.6) is 5.88 Å². The van der Waals surface area contributed by atoms with E-state index in [0.29, 0.717) is 0 Å². The number of nitrogens with zero attached hydrogens (tertiary/aromatic N) is 1. The summed E-state index contributed by atoms with van der Waals surface area (Å²) in [6, 6.07) is 4.68. The van der Waals surface area contributed by atoms with Gasteiger partial charge in [0.2, 0.25) is 5.88 Å². The Bertz CT molecular complexity index is 1080. The number of hydrogen-bond donors (Lipinski definition) is 4. The summed E-state index contributed by atoms with van der Waals surface area (Å²) in [7, 11) is -4.00. The number of hydrogen-bond acceptors (Lipinski definition) is 5. The summed E-state index contributed by atoms with van der Waals surface area (Å²) in [4.78, 5) is 15.6. The molecule has 0 unspecified atom stereocenters. The van der Waals surface area contributed by atoms with Crippen LogP contribution in [-0.4, -0.2) is 25.5 Å². The summed E-state index contributed by atoms with van der Waals surface area (Å²) in [5, 5.41) is 9.55. The van der Waals surface area contributed by atoms with Crippen LogP contribution in [0, 0.1) is 5.82 Å². The average molecular weight is 479 g/mol. The van der Waals surface area contributed by atoms with E-state index in [1.165, 1.54) is 12.1 Å². The van der Waals surface area contributed by atoms with Crippen molar-refractivity contribution in [1.82, 2.24) is 15.0 Å². The Kier molecular flexibility index (Phi) is 7.98. The Morgan fingerprint density at radius 2 is 1.81 bits per heavy atom. The second-order valence-corrected chi connectivity index (χ2v) is 8.18. The predicted molar refractivity (Wildman–Crippen MR) is 107 cm³/mol. The second kappa shape index (κ2) is 10.1. The molecule has 0 bridgehead atoms. The number of rotatable bonds is 8. The molecule has 2 amide bonds. The Balaban J connectivity index is 2.04. The normalized spacial score (nSPS) is 12.0. The maximum absolute atomic E-state index is 14.1. The molecule has 2 aromatic rings. The number of nitrogens with one attached hydrogen (secondary N) is 3. The van der Waals surface area contributed by atoms with Gasteiger partial charge >= 0.3 is 12.2 Å². The van der Waals surface area contributed by atoms with Crippen molar-refractivity contribution in [3.63, 3.8) is 0 Å². The average Bonchev–Trinajstić information content (AvgIpc) is 2.64. The van der Waals surface area contributed by atoms with Crippen LogP contribution in [0.25, 0.3) is 0 Å². The Morgan fingerprint density at radius 3 is 2.38 bits per heavy atom. The monoisotopic (exact) mass is 479 g/mol. The van der Waals surface area contributed by atoms with Gasteiger partial charge in [0.25, 0.3) is 10.2 Å². The van der Waals surface area contributed by atoms with Gasteiger partial charge in [0.1, 0.15) is 11.5 Å². The van der Waals surface area contributed by atoms with E-state index in [2.05, 4.69) is 15.6 Å². The number of ether oxygens (including phenoxy) is 1. The molecule has 9 nitrogen and oxygen atoms in total. The number of carbonyl (C=O) groups is 1. The maximum atomic E-state index is 14.1. The molecule has 1 aromatic heterocycles. The lowest BCUT2D eigenvalue weighted by Gasteiger charge is -2.16. The Morgan fingerprint density at radius 1 is 1.16 bits per heavy atom. The molecule has 0 spiro atoms. The number of halogens is 4. The number of anilines is 1. The van der Waals surface area contributed by atoms with Crippen LogP contribution in [0.15, 0.2) is 30.3 Å². The van der Waals surface area contributed by atoms with Crippen LogP contribution < -0.4 is 25.2 Å². The summed E-state index contributed by atoms with van der Waals surface area (Å²) < 4.78 is 81.8. The van der Waals surface area contributed by atoms with Gasteiger partial charge in [0.05, 0.1) is 6.10 Å². The van der Waals surface area contributed by atoms with Crippen molar-refractivity contribution in [2.75, 3.05) is 5.32 Å². The minimum atomic E-state index is -4.65. The molecule has 0 radical (unpaired) electrons. The van der Waals surface area contributed by atoms with E-state index >= 15 is 0 Å². The van der Waals surface area contributed by atoms with Crippen LogP contribution in [-0.2, 0) is 29.5 Å². The van der Waals surface area contributed by atoms with E-state index in [1.807, 2.05) is 4.72 Å². The summed E-state index contributed by atoms with van der Waals surface area (Å²) >= 11 is 0. The molecule has 0 aliphatic carbocycles. The summed E-state index contributed by atoms with van der Waals surface area (Å²) in [6.45, 7) is 2.64. The van der Waals surface area contributed by atoms with E-state index in [1.54, 1.807) is 13.8 Å². The van der Waals surface area contributed by atoms with Gasteiger partial charge in [-0.05, 0) is 38.1 Å². The third-order valence-corrected chi connectivity index (χ3v) is 4.34. The van der Waals surface area contributed by atoms with E-state index in [4.69, 9.17) is 9.88 Å². The van der Waals surface area contributed by atoms with Gasteiger partial charge in [-0.1, -0.05) is 6.07 Å². The lowest BCUT2D eigenvalue weighted by Crippen LogP contribution is -2.30. The highest BCUT2D eigenvalue weighted by molar-refractivity contribution is 7.87. The van der Waals surface area contributed by atoms with Gasteiger partial charge in [0.15, 0.2) is 0 Å². The van der Waals surface area contributed by atoms with Crippen LogP contribution in [0.4, 0.5) is 28.0 Å². The quantitative estimate of drug-likeness (QED) is 0.432. The van der Waals surface area contributed by atoms with Gasteiger partial charge in [-0.25, -0.2) is 19.3 Å². The number of carbonyl (C=O) groups excluding carboxylic acids is 1. The highest BCUT2D eigenvalue weighted by Gasteiger charge is 2.33. The van der Waals surface area contributed by atoms with Crippen molar-refractivity contribution in [1.29, 1.82) is 0 Å². The molecule has 0 saturated heterocycles. The molecule has 1 aromatic carbocycles. The predicted octanol–water partition coefficient (Wildman–Crippen LogP) is 2.64. The minimum absolute atomic E-state index is 0.00344. The Hall–Kier alpha value is -2.97. The van der Waals surface area contributed by atoms with Gasteiger partial charge < -0.3 is 15.4 Å². The number of alkyl halides is 3. The topological polar surface area (TPSA) is 135 Å². The number of pyridine rings is 1. The molecule has 1 heterocycles. The third-order valence-electron chi connectivity index (χ3n) is 3.79. The summed E-state index contributed by atoms with van der Waals surface area (Å²) in [5.74, 6) is -1.06. The van der Waals surface area contributed by atoms with E-state index in [-0.39, 0.29) is 35.8 Å². The van der Waals surface area contributed by atoms with Crippen LogP contribution in [0.3, 0.4) is 0 Å². The Labute approximate surface area is 181 Å². The molecule has 5 N–H and O–H groups in total. The fourth-order valence-corrected chi connectivity index (χ4v) is 2.74. The number of nitrogens with two attached hydrogens (primary N) is 1. The molecular formula is C18H21F4N5O4S. The third kappa shape index (κ3) is 7.94. The van der Waals surface area contributed by atoms with Crippen molar-refractivity contribution >= 4 is 21.9 Å². The van der Waals surface area contributed by atoms with Crippen molar-refractivity contribution in [2.24, 2.45) is 5.14 Å². The van der Waals surface area contributed by atoms with Crippen LogP contribution in [0.2, 0.25) is 0 Å². The molecular weight excluding hydrogens is 458 g/mol. The molecule has 14 heteroatoms. The highest BCUT2D eigenvalue weighted by atomic mass is 32.2. The highest BCUT2D eigenvalue weighted by Crippen LogP contribution is 2.30. The zero-order chi connectivity index (χ0) is 24.1. The molecule has 176 valence electrons. The van der Waals surface area contributed by atoms with Gasteiger partial charge in [-0.3, -0.25) is 0 Å². The molecule has 2 rings (SSSR count). The summed E-state index contributed by atoms with van der Waals surface area (Å²) in [6.07, 6.45) is -5.11. The van der Waals surface area contributed by atoms with Crippen molar-refractivity contribution in [3.8, 4) is 5.88 Å². The molecule has 0 aliphatic rings. The number of benzene rings is 1. The SMILES string of the molecule is CC(C)Oc1nc(C(F)(F)F)ccc1CNC(=O)Nc1ccc(CNS(N)(=O)=O)c(F)c1. The lowest BCUT2D eigenvalue weighted by molar-refractivity contribution is -0.141. The zero-order valence-electron chi connectivity index (χ0n) is 17.0. The molecule has 32 heavy (non-hydrogen) atoms. The lowest BCUT2D eigenvalue weighted by atomic mass is 10.2. The fourth-order valence-electron chi connectivity index (χ4n) is 2.38. The first-order valence-electron chi connectivity index (χ1n) is 9.09. The van der Waals surface area contributed by atoms with Gasteiger partial charge in [-0.15, -0.1) is 0 Å². The van der Waals surface area contributed by atoms with Crippen molar-refractivity contribution < 1.29 is 35.5 Å². The molecule has 0 aliphatic heterocycles. The zero-order valence-corrected chi connectivity index (χ0v) is 17.8. The van der Waals surface area contributed by atoms with E-state index in [0.717, 1.165) is 18.2 Å². The maximum Gasteiger partial charge on any atom is 0.433 e. The number of amides is 2. The number of aromatic nitrogens is 1. The van der Waals surface area contributed by atoms with Crippen LogP contribution >= 0.6 is 0 Å². The van der Waals surface area contributed by atoms with E-state index < -0.39 is 40.0 Å². The van der Waals surface area contributed by atoms with Gasteiger partial charge in [-0.2, -0.15) is 26.3 Å². The van der Waals surface area contributed by atoms with E-state index in [9.17, 15) is 30.8 Å². The standard InChI is InChI=1S/C18H21F4N5O4S/c1-10(2)31-16-12(4-6-15(27-16)18(20,21)22)8-24-17(28)26-13-5-3-11(14(19)7-13)9-25-32(23,29)30/h3-7,10,25H,8-9H2,1-2H3,(H2,23,29,30)(H2,24,26,28). The minimum Gasteiger partial charge on any atom is -0.475 e. The second-order valence-electron chi connectivity index (χ2n) is 6.81. The van der Waals surface area contributed by atoms with Crippen molar-refractivity contribution in [2.45, 2.75) is 39.2 Å². The first-order chi connectivity index (χ1) is 14.7.